The second-order valence-corrected chi connectivity index (χ2v) is 6.44. The molecule has 130 valence electrons. The van der Waals surface area contributed by atoms with Crippen molar-refractivity contribution in [3.8, 4) is 28.1 Å². The molecule has 1 amide bonds. The number of carbonyl (C=O) groups excluding carboxylic acids is 1. The summed E-state index contributed by atoms with van der Waals surface area (Å²) in [5.41, 5.74) is 11.2. The van der Waals surface area contributed by atoms with Gasteiger partial charge in [-0.3, -0.25) is 9.78 Å². The minimum Gasteiger partial charge on any atom is -0.488 e. The first kappa shape index (κ1) is 15.5. The van der Waals surface area contributed by atoms with E-state index in [1.165, 1.54) is 0 Å². The van der Waals surface area contributed by atoms with Gasteiger partial charge in [-0.2, -0.15) is 0 Å². The van der Waals surface area contributed by atoms with E-state index in [0.717, 1.165) is 39.0 Å². The van der Waals surface area contributed by atoms with Crippen molar-refractivity contribution in [2.24, 2.45) is 5.73 Å². The van der Waals surface area contributed by atoms with Gasteiger partial charge in [0.15, 0.2) is 0 Å². The average molecular weight is 353 g/mol. The van der Waals surface area contributed by atoms with Crippen LogP contribution in [0.15, 0.2) is 67.0 Å². The lowest BCUT2D eigenvalue weighted by Gasteiger charge is -2.23. The zero-order chi connectivity index (χ0) is 18.4. The Morgan fingerprint density at radius 2 is 1.93 bits per heavy atom. The number of rotatable bonds is 2. The number of primary amides is 1. The molecular weight excluding hydrogens is 338 g/mol. The molecule has 5 rings (SSSR count). The predicted molar refractivity (Wildman–Crippen MR) is 103 cm³/mol. The molecule has 0 saturated carbocycles. The molecule has 0 saturated heterocycles. The number of hydrogen-bond donors (Lipinski definition) is 1. The summed E-state index contributed by atoms with van der Waals surface area (Å²) in [6.07, 6.45) is 3.22. The van der Waals surface area contributed by atoms with Crippen LogP contribution in [-0.2, 0) is 6.61 Å². The first-order valence-electron chi connectivity index (χ1n) is 8.61. The number of aromatic nitrogens is 2. The Kier molecular flexibility index (Phi) is 3.40. The van der Waals surface area contributed by atoms with E-state index in [0.29, 0.717) is 17.7 Å². The molecule has 0 atom stereocenters. The van der Waals surface area contributed by atoms with Gasteiger partial charge in [-0.05, 0) is 29.8 Å². The van der Waals surface area contributed by atoms with Crippen molar-refractivity contribution in [1.29, 1.82) is 0 Å². The normalized spacial score (nSPS) is 12.1. The monoisotopic (exact) mass is 353 g/mol. The van der Waals surface area contributed by atoms with Crippen molar-refractivity contribution in [2.75, 3.05) is 0 Å². The third-order valence-electron chi connectivity index (χ3n) is 4.83. The third-order valence-corrected chi connectivity index (χ3v) is 4.83. The number of amides is 1. The molecular formula is C22H15N3O2. The quantitative estimate of drug-likeness (QED) is 0.592. The van der Waals surface area contributed by atoms with Gasteiger partial charge in [0.1, 0.15) is 12.4 Å². The molecule has 0 spiro atoms. The van der Waals surface area contributed by atoms with Crippen molar-refractivity contribution in [1.82, 2.24) is 9.97 Å². The van der Waals surface area contributed by atoms with E-state index in [1.54, 1.807) is 18.5 Å². The van der Waals surface area contributed by atoms with Gasteiger partial charge < -0.3 is 10.5 Å². The first-order valence-corrected chi connectivity index (χ1v) is 8.61. The van der Waals surface area contributed by atoms with E-state index in [-0.39, 0.29) is 0 Å². The van der Waals surface area contributed by atoms with E-state index in [4.69, 9.17) is 15.5 Å². The van der Waals surface area contributed by atoms with Crippen LogP contribution in [-0.4, -0.2) is 15.9 Å². The van der Waals surface area contributed by atoms with Gasteiger partial charge in [-0.15, -0.1) is 0 Å². The standard InChI is InChI=1S/C22H15N3O2/c23-22(26)16-8-9-24-11-17(16)15-5-3-7-19-20(15)21-14(12-27-19)10-13-4-1-2-6-18(13)25-21/h1-11H,12H2,(H2,23,26). The van der Waals surface area contributed by atoms with Crippen LogP contribution in [0, 0.1) is 0 Å². The molecule has 3 heterocycles. The van der Waals surface area contributed by atoms with Crippen LogP contribution in [0.3, 0.4) is 0 Å². The number of nitrogens with two attached hydrogens (primary N) is 1. The Morgan fingerprint density at radius 1 is 1.04 bits per heavy atom. The number of hydrogen-bond acceptors (Lipinski definition) is 4. The highest BCUT2D eigenvalue weighted by Crippen LogP contribution is 2.44. The minimum absolute atomic E-state index is 0.423. The summed E-state index contributed by atoms with van der Waals surface area (Å²) < 4.78 is 5.98. The van der Waals surface area contributed by atoms with Crippen molar-refractivity contribution in [3.05, 3.63) is 78.1 Å². The molecule has 27 heavy (non-hydrogen) atoms. The maximum atomic E-state index is 11.9. The van der Waals surface area contributed by atoms with Crippen LogP contribution >= 0.6 is 0 Å². The Morgan fingerprint density at radius 3 is 2.81 bits per heavy atom. The fourth-order valence-electron chi connectivity index (χ4n) is 3.59. The van der Waals surface area contributed by atoms with Crippen LogP contribution < -0.4 is 10.5 Å². The van der Waals surface area contributed by atoms with E-state index in [1.807, 2.05) is 42.5 Å². The Labute approximate surface area is 155 Å². The summed E-state index contributed by atoms with van der Waals surface area (Å²) in [4.78, 5) is 21.0. The molecule has 1 aliphatic heterocycles. The van der Waals surface area contributed by atoms with Gasteiger partial charge >= 0.3 is 0 Å². The van der Waals surface area contributed by atoms with Crippen LogP contribution in [0.4, 0.5) is 0 Å². The van der Waals surface area contributed by atoms with Gasteiger partial charge in [-0.1, -0.05) is 30.3 Å². The fraction of sp³-hybridized carbons (Fsp3) is 0.0455. The molecule has 0 aliphatic carbocycles. The highest BCUT2D eigenvalue weighted by Gasteiger charge is 2.24. The molecule has 0 radical (unpaired) electrons. The Hall–Kier alpha value is -3.73. The molecule has 4 aromatic rings. The van der Waals surface area contributed by atoms with Gasteiger partial charge in [0.25, 0.3) is 0 Å². The second kappa shape index (κ2) is 5.92. The molecule has 0 bridgehead atoms. The lowest BCUT2D eigenvalue weighted by atomic mass is 9.91. The van der Waals surface area contributed by atoms with Crippen molar-refractivity contribution >= 4 is 16.8 Å². The Bertz CT molecular complexity index is 1220. The average Bonchev–Trinajstić information content (AvgIpc) is 2.71. The van der Waals surface area contributed by atoms with E-state index in [9.17, 15) is 4.79 Å². The third kappa shape index (κ3) is 2.44. The highest BCUT2D eigenvalue weighted by molar-refractivity contribution is 6.02. The van der Waals surface area contributed by atoms with Crippen molar-refractivity contribution in [2.45, 2.75) is 6.61 Å². The number of pyridine rings is 2. The zero-order valence-corrected chi connectivity index (χ0v) is 14.3. The number of carbonyl (C=O) groups is 1. The predicted octanol–water partition coefficient (Wildman–Crippen LogP) is 3.96. The van der Waals surface area contributed by atoms with Crippen LogP contribution in [0.1, 0.15) is 15.9 Å². The number of benzene rings is 2. The summed E-state index contributed by atoms with van der Waals surface area (Å²) in [7, 11) is 0. The van der Waals surface area contributed by atoms with Gasteiger partial charge in [0.05, 0.1) is 22.3 Å². The fourth-order valence-corrected chi connectivity index (χ4v) is 3.59. The van der Waals surface area contributed by atoms with E-state index >= 15 is 0 Å². The van der Waals surface area contributed by atoms with E-state index in [2.05, 4.69) is 11.1 Å². The van der Waals surface area contributed by atoms with Gasteiger partial charge in [-0.25, -0.2) is 4.98 Å². The van der Waals surface area contributed by atoms with Crippen molar-refractivity contribution < 1.29 is 9.53 Å². The molecule has 1 aliphatic rings. The van der Waals surface area contributed by atoms with E-state index < -0.39 is 5.91 Å². The molecule has 2 aromatic carbocycles. The summed E-state index contributed by atoms with van der Waals surface area (Å²) >= 11 is 0. The maximum Gasteiger partial charge on any atom is 0.249 e. The largest absolute Gasteiger partial charge is 0.488 e. The van der Waals surface area contributed by atoms with Gasteiger partial charge in [0.2, 0.25) is 5.91 Å². The minimum atomic E-state index is -0.492. The second-order valence-electron chi connectivity index (χ2n) is 6.44. The lowest BCUT2D eigenvalue weighted by Crippen LogP contribution is -2.13. The Balaban J connectivity index is 1.83. The van der Waals surface area contributed by atoms with Crippen LogP contribution in [0.2, 0.25) is 0 Å². The molecule has 5 nitrogen and oxygen atoms in total. The lowest BCUT2D eigenvalue weighted by molar-refractivity contribution is 0.100. The van der Waals surface area contributed by atoms with Crippen molar-refractivity contribution in [3.63, 3.8) is 0 Å². The first-order chi connectivity index (χ1) is 13.2. The highest BCUT2D eigenvalue weighted by atomic mass is 16.5. The molecule has 2 aromatic heterocycles. The smallest absolute Gasteiger partial charge is 0.249 e. The number of para-hydroxylation sites is 1. The topological polar surface area (TPSA) is 78.1 Å². The summed E-state index contributed by atoms with van der Waals surface area (Å²) in [5.74, 6) is 0.246. The summed E-state index contributed by atoms with van der Waals surface area (Å²) in [6.45, 7) is 0.458. The molecule has 2 N–H and O–H groups in total. The van der Waals surface area contributed by atoms with Gasteiger partial charge in [0, 0.05) is 28.9 Å². The summed E-state index contributed by atoms with van der Waals surface area (Å²) in [5, 5.41) is 1.07. The zero-order valence-electron chi connectivity index (χ0n) is 14.3. The molecule has 5 heteroatoms. The number of fused-ring (bicyclic) bond motifs is 4. The summed E-state index contributed by atoms with van der Waals surface area (Å²) in [6, 6.07) is 17.5. The number of ether oxygens (including phenoxy) is 1. The maximum absolute atomic E-state index is 11.9. The number of nitrogens with zero attached hydrogens (tertiary/aromatic N) is 2. The van der Waals surface area contributed by atoms with Crippen LogP contribution in [0.5, 0.6) is 5.75 Å². The SMILES string of the molecule is NC(=O)c1ccncc1-c1cccc2c1-c1nc3ccccc3cc1CO2. The molecule has 0 fully saturated rings. The molecule has 0 unspecified atom stereocenters. The van der Waals surface area contributed by atoms with Crippen LogP contribution in [0.25, 0.3) is 33.3 Å².